The maximum Gasteiger partial charge on any atom is 0.336 e. The summed E-state index contributed by atoms with van der Waals surface area (Å²) in [5, 5.41) is 49.4. The Morgan fingerprint density at radius 3 is 1.48 bits per heavy atom. The van der Waals surface area contributed by atoms with Crippen molar-refractivity contribution in [2.45, 2.75) is 26.2 Å². The molecule has 5 aromatic carbocycles. The molecule has 1 saturated carbocycles. The molecule has 0 aliphatic heterocycles. The normalized spacial score (nSPS) is 16.5. The summed E-state index contributed by atoms with van der Waals surface area (Å²) in [5.74, 6) is -13.2. The monoisotopic (exact) mass is 870 g/mol. The molecule has 1 fully saturated rings. The number of ether oxygens (including phenoxy) is 1. The van der Waals surface area contributed by atoms with Crippen molar-refractivity contribution < 1.29 is 63.5 Å². The second-order valence-corrected chi connectivity index (χ2v) is 15.1. The fourth-order valence-corrected chi connectivity index (χ4v) is 7.67. The van der Waals surface area contributed by atoms with Crippen LogP contribution in [0, 0.1) is 30.6 Å². The van der Waals surface area contributed by atoms with Gasteiger partial charge in [0.05, 0.1) is 34.1 Å². The van der Waals surface area contributed by atoms with Gasteiger partial charge in [-0.3, -0.25) is 28.8 Å². The van der Waals surface area contributed by atoms with Crippen molar-refractivity contribution >= 4 is 64.6 Å². The van der Waals surface area contributed by atoms with E-state index >= 15 is 0 Å². The average molecular weight is 871 g/mol. The predicted molar refractivity (Wildman–Crippen MR) is 231 cm³/mol. The molecule has 1 aliphatic carbocycles. The zero-order valence-corrected chi connectivity index (χ0v) is 34.3. The van der Waals surface area contributed by atoms with E-state index in [2.05, 4.69) is 21.3 Å². The number of nitrogens with one attached hydrogen (secondary N) is 4. The summed E-state index contributed by atoms with van der Waals surface area (Å²) < 4.78 is 5.86. The number of anilines is 3. The molecule has 0 radical (unpaired) electrons. The van der Waals surface area contributed by atoms with Crippen molar-refractivity contribution in [3.63, 3.8) is 0 Å². The lowest BCUT2D eigenvalue weighted by Crippen LogP contribution is -2.36. The molecule has 5 aromatic rings. The Kier molecular flexibility index (Phi) is 13.8. The summed E-state index contributed by atoms with van der Waals surface area (Å²) in [6, 6.07) is 28.6. The number of carboxylic acids is 4. The minimum atomic E-state index is -1.56. The van der Waals surface area contributed by atoms with Gasteiger partial charge in [0.15, 0.2) is 0 Å². The largest absolute Gasteiger partial charge is 0.481 e. The Hall–Kier alpha value is -8.34. The van der Waals surface area contributed by atoms with E-state index in [1.54, 1.807) is 12.1 Å². The number of aliphatic carboxylic acids is 2. The molecule has 4 amide bonds. The van der Waals surface area contributed by atoms with E-state index in [-0.39, 0.29) is 17.8 Å². The highest BCUT2D eigenvalue weighted by atomic mass is 16.5. The number of amides is 4. The van der Waals surface area contributed by atoms with Crippen LogP contribution in [0.25, 0.3) is 0 Å². The van der Waals surface area contributed by atoms with E-state index in [4.69, 9.17) is 4.74 Å². The summed E-state index contributed by atoms with van der Waals surface area (Å²) >= 11 is 0. The fourth-order valence-electron chi connectivity index (χ4n) is 7.67. The van der Waals surface area contributed by atoms with Gasteiger partial charge in [0.2, 0.25) is 11.8 Å². The SMILES string of the molecule is CNC(=O)c1cc(C(=O)O)c(C(=O)Nc2ccc(Oc3ccc(NC(=O)C4C(C(=O)O)CC(C(=O)Nc5ccc(Cc6ccc(C)cc6)cc5)C4CC(=O)O)cc3)cc2)cc1C(=O)O. The van der Waals surface area contributed by atoms with Crippen molar-refractivity contribution in [2.24, 2.45) is 23.7 Å². The topological polar surface area (TPSA) is 275 Å². The van der Waals surface area contributed by atoms with E-state index in [1.165, 1.54) is 55.6 Å². The van der Waals surface area contributed by atoms with E-state index in [0.29, 0.717) is 23.6 Å². The molecule has 0 heterocycles. The summed E-state index contributed by atoms with van der Waals surface area (Å²) in [5.41, 5.74) is 2.02. The van der Waals surface area contributed by atoms with Crippen molar-refractivity contribution in [3.05, 3.63) is 148 Å². The van der Waals surface area contributed by atoms with Crippen LogP contribution < -0.4 is 26.0 Å². The van der Waals surface area contributed by atoms with Crippen LogP contribution >= 0.6 is 0 Å². The number of carbonyl (C=O) groups is 8. The third-order valence-corrected chi connectivity index (χ3v) is 10.8. The van der Waals surface area contributed by atoms with Crippen LogP contribution in [-0.2, 0) is 25.6 Å². The summed E-state index contributed by atoms with van der Waals surface area (Å²) in [4.78, 5) is 101. The van der Waals surface area contributed by atoms with E-state index < -0.39 is 99.9 Å². The number of rotatable bonds is 16. The first-order valence-electron chi connectivity index (χ1n) is 19.8. The first-order chi connectivity index (χ1) is 30.5. The first-order valence-corrected chi connectivity index (χ1v) is 19.8. The summed E-state index contributed by atoms with van der Waals surface area (Å²) in [6.07, 6.45) is -0.199. The number of benzene rings is 5. The van der Waals surface area contributed by atoms with Gasteiger partial charge in [0.1, 0.15) is 11.5 Å². The Balaban J connectivity index is 1.09. The molecule has 6 rings (SSSR count). The molecule has 4 unspecified atom stereocenters. The van der Waals surface area contributed by atoms with Crippen LogP contribution in [0.15, 0.2) is 109 Å². The average Bonchev–Trinajstić information content (AvgIpc) is 3.64. The maximum atomic E-state index is 13.8. The third kappa shape index (κ3) is 10.7. The van der Waals surface area contributed by atoms with Crippen LogP contribution in [0.4, 0.5) is 17.1 Å². The standard InChI is InChI=1S/C47H42N4O13/c1-24-3-5-25(6-4-24)19-26-7-9-27(10-8-26)49-42(55)33-22-38(47(62)63)40(32(33)23-39(52)53)44(57)51-29-13-17-31(18-14-29)64-30-15-11-28(12-16-30)50-43(56)35-21-36(45(58)59)34(41(54)48-2)20-37(35)46(60)61/h3-18,20-21,32-33,38,40H,19,22-23H2,1-2H3,(H,48,54)(H,49,55)(H,50,56)(H,51,57)(H,52,53)(H,58,59)(H,60,61)(H,62,63). The van der Waals surface area contributed by atoms with Crippen molar-refractivity contribution in [2.75, 3.05) is 23.0 Å². The Morgan fingerprint density at radius 1 is 0.562 bits per heavy atom. The number of aryl methyl sites for hydroxylation is 1. The number of carboxylic acid groups (broad SMARTS) is 4. The summed E-state index contributed by atoms with van der Waals surface area (Å²) in [7, 11) is 1.24. The van der Waals surface area contributed by atoms with Crippen LogP contribution in [0.3, 0.4) is 0 Å². The molecule has 8 N–H and O–H groups in total. The zero-order valence-electron chi connectivity index (χ0n) is 34.3. The molecule has 0 saturated heterocycles. The first kappa shape index (κ1) is 45.2. The number of aromatic carboxylic acids is 2. The molecule has 0 aromatic heterocycles. The fraction of sp³-hybridized carbons (Fsp3) is 0.191. The van der Waals surface area contributed by atoms with Gasteiger partial charge in [0, 0.05) is 36.4 Å². The van der Waals surface area contributed by atoms with Crippen molar-refractivity contribution in [1.82, 2.24) is 5.32 Å². The van der Waals surface area contributed by atoms with Crippen molar-refractivity contribution in [3.8, 4) is 11.5 Å². The van der Waals surface area contributed by atoms with Crippen LogP contribution in [0.2, 0.25) is 0 Å². The highest BCUT2D eigenvalue weighted by Crippen LogP contribution is 2.45. The molecule has 17 nitrogen and oxygen atoms in total. The van der Waals surface area contributed by atoms with Gasteiger partial charge in [-0.2, -0.15) is 0 Å². The minimum Gasteiger partial charge on any atom is -0.481 e. The molecular weight excluding hydrogens is 829 g/mol. The highest BCUT2D eigenvalue weighted by molar-refractivity contribution is 6.15. The molecule has 0 bridgehead atoms. The second kappa shape index (κ2) is 19.6. The molecule has 17 heteroatoms. The van der Waals surface area contributed by atoms with Gasteiger partial charge in [-0.1, -0.05) is 42.0 Å². The molecule has 328 valence electrons. The maximum absolute atomic E-state index is 13.8. The molecule has 4 atom stereocenters. The molecule has 64 heavy (non-hydrogen) atoms. The van der Waals surface area contributed by atoms with Gasteiger partial charge in [-0.15, -0.1) is 0 Å². The molecular formula is C47H42N4O13. The molecule has 0 spiro atoms. The van der Waals surface area contributed by atoms with Gasteiger partial charge in [-0.05, 0) is 110 Å². The minimum absolute atomic E-state index is 0.190. The predicted octanol–water partition coefficient (Wildman–Crippen LogP) is 6.39. The quantitative estimate of drug-likeness (QED) is 0.0534. The lowest BCUT2D eigenvalue weighted by atomic mass is 9.83. The number of carbonyl (C=O) groups excluding carboxylic acids is 4. The highest BCUT2D eigenvalue weighted by Gasteiger charge is 2.53. The number of hydrogen-bond acceptors (Lipinski definition) is 9. The van der Waals surface area contributed by atoms with Gasteiger partial charge >= 0.3 is 23.9 Å². The lowest BCUT2D eigenvalue weighted by molar-refractivity contribution is -0.147. The van der Waals surface area contributed by atoms with E-state index in [0.717, 1.165) is 28.8 Å². The van der Waals surface area contributed by atoms with Gasteiger partial charge in [0.25, 0.3) is 11.8 Å². The zero-order chi connectivity index (χ0) is 46.2. The van der Waals surface area contributed by atoms with Crippen LogP contribution in [-0.4, -0.2) is 75.0 Å². The van der Waals surface area contributed by atoms with Crippen LogP contribution in [0.5, 0.6) is 11.5 Å². The third-order valence-electron chi connectivity index (χ3n) is 10.8. The lowest BCUT2D eigenvalue weighted by Gasteiger charge is -2.24. The molecule has 1 aliphatic rings. The summed E-state index contributed by atoms with van der Waals surface area (Å²) in [6.45, 7) is 2.00. The smallest absolute Gasteiger partial charge is 0.336 e. The Labute approximate surface area is 365 Å². The Bertz CT molecular complexity index is 2630. The van der Waals surface area contributed by atoms with E-state index in [9.17, 15) is 58.8 Å². The van der Waals surface area contributed by atoms with E-state index in [1.807, 2.05) is 43.3 Å². The van der Waals surface area contributed by atoms with Gasteiger partial charge in [-0.25, -0.2) is 9.59 Å². The van der Waals surface area contributed by atoms with Crippen molar-refractivity contribution in [1.29, 1.82) is 0 Å². The van der Waals surface area contributed by atoms with Crippen LogP contribution in [0.1, 0.15) is 71.0 Å². The number of hydrogen-bond donors (Lipinski definition) is 8. The van der Waals surface area contributed by atoms with Gasteiger partial charge < -0.3 is 46.4 Å². The second-order valence-electron chi connectivity index (χ2n) is 15.1. The Morgan fingerprint density at radius 2 is 1.02 bits per heavy atom.